The Morgan fingerprint density at radius 2 is 2.25 bits per heavy atom. The van der Waals surface area contributed by atoms with Gasteiger partial charge in [-0.05, 0) is 36.4 Å². The van der Waals surface area contributed by atoms with Gasteiger partial charge in [0.25, 0.3) is 0 Å². The minimum Gasteiger partial charge on any atom is -0.361 e. The first kappa shape index (κ1) is 12.5. The van der Waals surface area contributed by atoms with Gasteiger partial charge in [0, 0.05) is 28.9 Å². The Labute approximate surface area is 121 Å². The normalized spacial score (nSPS) is 24.1. The van der Waals surface area contributed by atoms with Crippen LogP contribution in [0.3, 0.4) is 0 Å². The SMILES string of the molecule is N#CC1N=CC=CC1(Cl)C#Cc1ccc2[nH]ccc2c1. The summed E-state index contributed by atoms with van der Waals surface area (Å²) < 4.78 is 0. The number of rotatable bonds is 0. The lowest BCUT2D eigenvalue weighted by Gasteiger charge is -2.21. The molecule has 0 aliphatic carbocycles. The molecule has 96 valence electrons. The van der Waals surface area contributed by atoms with E-state index in [1.807, 2.05) is 30.5 Å². The van der Waals surface area contributed by atoms with Crippen molar-refractivity contribution in [2.45, 2.75) is 10.9 Å². The highest BCUT2D eigenvalue weighted by Crippen LogP contribution is 2.26. The zero-order valence-electron chi connectivity index (χ0n) is 10.5. The molecule has 1 aliphatic heterocycles. The number of aliphatic imine (C=N–C) groups is 1. The van der Waals surface area contributed by atoms with E-state index < -0.39 is 10.9 Å². The van der Waals surface area contributed by atoms with E-state index in [0.717, 1.165) is 16.5 Å². The fourth-order valence-corrected chi connectivity index (χ4v) is 2.28. The van der Waals surface area contributed by atoms with Crippen LogP contribution in [0.2, 0.25) is 0 Å². The average molecular weight is 280 g/mol. The molecule has 1 aromatic carbocycles. The van der Waals surface area contributed by atoms with Gasteiger partial charge in [0.1, 0.15) is 0 Å². The number of aromatic nitrogens is 1. The third-order valence-corrected chi connectivity index (χ3v) is 3.56. The predicted octanol–water partition coefficient (Wildman–Crippen LogP) is 3.03. The molecule has 0 spiro atoms. The van der Waals surface area contributed by atoms with Gasteiger partial charge in [0.2, 0.25) is 0 Å². The lowest BCUT2D eigenvalue weighted by molar-refractivity contribution is 0.756. The van der Waals surface area contributed by atoms with Crippen molar-refractivity contribution in [3.05, 3.63) is 48.2 Å². The van der Waals surface area contributed by atoms with Crippen molar-refractivity contribution >= 4 is 28.7 Å². The Kier molecular flexibility index (Phi) is 3.06. The highest BCUT2D eigenvalue weighted by atomic mass is 35.5. The Balaban J connectivity index is 1.96. The summed E-state index contributed by atoms with van der Waals surface area (Å²) in [6.45, 7) is 0. The van der Waals surface area contributed by atoms with Gasteiger partial charge in [-0.15, -0.1) is 0 Å². The van der Waals surface area contributed by atoms with E-state index in [4.69, 9.17) is 16.9 Å². The number of alkyl halides is 1. The van der Waals surface area contributed by atoms with Crippen LogP contribution < -0.4 is 0 Å². The highest BCUT2D eigenvalue weighted by molar-refractivity contribution is 6.28. The molecule has 3 nitrogen and oxygen atoms in total. The van der Waals surface area contributed by atoms with Crippen molar-refractivity contribution in [3.63, 3.8) is 0 Å². The lowest BCUT2D eigenvalue weighted by atomic mass is 9.98. The number of dihydropyridines is 1. The molecular weight excluding hydrogens is 270 g/mol. The van der Waals surface area contributed by atoms with Crippen LogP contribution in [0, 0.1) is 23.2 Å². The average Bonchev–Trinajstić information content (AvgIpc) is 2.93. The number of hydrogen-bond donors (Lipinski definition) is 1. The Morgan fingerprint density at radius 1 is 1.35 bits per heavy atom. The summed E-state index contributed by atoms with van der Waals surface area (Å²) in [5.41, 5.74) is 1.92. The Bertz CT molecular complexity index is 813. The van der Waals surface area contributed by atoms with Crippen molar-refractivity contribution < 1.29 is 0 Å². The number of nitrogens with one attached hydrogen (secondary N) is 1. The topological polar surface area (TPSA) is 51.9 Å². The van der Waals surface area contributed by atoms with Gasteiger partial charge in [0.15, 0.2) is 10.9 Å². The van der Waals surface area contributed by atoms with E-state index in [9.17, 15) is 0 Å². The number of nitrogens with zero attached hydrogens (tertiary/aromatic N) is 2. The molecule has 0 saturated heterocycles. The second-order valence-electron chi connectivity index (χ2n) is 4.49. The van der Waals surface area contributed by atoms with Crippen molar-refractivity contribution in [1.29, 1.82) is 5.26 Å². The van der Waals surface area contributed by atoms with Gasteiger partial charge in [-0.2, -0.15) is 5.26 Å². The van der Waals surface area contributed by atoms with Gasteiger partial charge in [0.05, 0.1) is 6.07 Å². The summed E-state index contributed by atoms with van der Waals surface area (Å²) in [4.78, 5) is 6.11. The molecular formula is C16H10ClN3. The zero-order valence-corrected chi connectivity index (χ0v) is 11.2. The fraction of sp³-hybridized carbons (Fsp3) is 0.125. The lowest BCUT2D eigenvalue weighted by Crippen LogP contribution is -2.32. The van der Waals surface area contributed by atoms with Crippen LogP contribution >= 0.6 is 11.6 Å². The zero-order chi connectivity index (χ0) is 14.0. The number of nitriles is 1. The van der Waals surface area contributed by atoms with Gasteiger partial charge in [-0.3, -0.25) is 4.99 Å². The molecule has 0 amide bonds. The number of allylic oxidation sites excluding steroid dienone is 1. The van der Waals surface area contributed by atoms with Crippen LogP contribution in [0.5, 0.6) is 0 Å². The molecule has 2 atom stereocenters. The summed E-state index contributed by atoms with van der Waals surface area (Å²) in [5.74, 6) is 5.98. The van der Waals surface area contributed by atoms with Crippen LogP contribution in [0.1, 0.15) is 5.56 Å². The molecule has 0 saturated carbocycles. The van der Waals surface area contributed by atoms with Crippen molar-refractivity contribution in [2.24, 2.45) is 4.99 Å². The van der Waals surface area contributed by atoms with Crippen molar-refractivity contribution in [1.82, 2.24) is 4.98 Å². The molecule has 20 heavy (non-hydrogen) atoms. The van der Waals surface area contributed by atoms with Gasteiger partial charge >= 0.3 is 0 Å². The smallest absolute Gasteiger partial charge is 0.170 e. The quantitative estimate of drug-likeness (QED) is 0.585. The molecule has 1 aliphatic rings. The minimum atomic E-state index is -1.06. The Morgan fingerprint density at radius 3 is 3.10 bits per heavy atom. The number of aromatic amines is 1. The van der Waals surface area contributed by atoms with Gasteiger partial charge < -0.3 is 4.98 Å². The number of halogens is 1. The van der Waals surface area contributed by atoms with E-state index in [1.165, 1.54) is 0 Å². The standard InChI is InChI=1S/C16H10ClN3/c17-16(6-1-8-20-15(16)11-18)7-4-12-2-3-14-13(10-12)5-9-19-14/h1-3,5-6,8-10,15,19H. The maximum atomic E-state index is 9.08. The van der Waals surface area contributed by atoms with Gasteiger partial charge in [-0.25, -0.2) is 0 Å². The second-order valence-corrected chi connectivity index (χ2v) is 5.11. The van der Waals surface area contributed by atoms with Crippen LogP contribution in [0.15, 0.2) is 47.6 Å². The highest BCUT2D eigenvalue weighted by Gasteiger charge is 2.34. The van der Waals surface area contributed by atoms with Crippen LogP contribution in [0.4, 0.5) is 0 Å². The Hall–Kier alpha value is -2.49. The molecule has 0 radical (unpaired) electrons. The molecule has 0 fully saturated rings. The van der Waals surface area contributed by atoms with Crippen LogP contribution in [0.25, 0.3) is 10.9 Å². The molecule has 2 aromatic rings. The summed E-state index contributed by atoms with van der Waals surface area (Å²) in [5, 5.41) is 10.2. The third-order valence-electron chi connectivity index (χ3n) is 3.13. The summed E-state index contributed by atoms with van der Waals surface area (Å²) in [7, 11) is 0. The second kappa shape index (κ2) is 4.89. The molecule has 1 N–H and O–H groups in total. The molecule has 0 bridgehead atoms. The number of benzene rings is 1. The minimum absolute atomic E-state index is 0.683. The van der Waals surface area contributed by atoms with E-state index >= 15 is 0 Å². The molecule has 3 rings (SSSR count). The largest absolute Gasteiger partial charge is 0.361 e. The summed E-state index contributed by atoms with van der Waals surface area (Å²) in [6, 6.07) is 9.24. The van der Waals surface area contributed by atoms with E-state index in [1.54, 1.807) is 18.4 Å². The monoisotopic (exact) mass is 279 g/mol. The van der Waals surface area contributed by atoms with Crippen LogP contribution in [-0.4, -0.2) is 22.1 Å². The van der Waals surface area contributed by atoms with Crippen LogP contribution in [-0.2, 0) is 0 Å². The molecule has 2 heterocycles. The number of fused-ring (bicyclic) bond motifs is 1. The maximum Gasteiger partial charge on any atom is 0.170 e. The summed E-state index contributed by atoms with van der Waals surface area (Å²) >= 11 is 6.39. The molecule has 2 unspecified atom stereocenters. The first-order valence-electron chi connectivity index (χ1n) is 6.11. The third kappa shape index (κ3) is 2.20. The fourth-order valence-electron chi connectivity index (χ4n) is 2.05. The van der Waals surface area contributed by atoms with Gasteiger partial charge in [-0.1, -0.05) is 23.4 Å². The van der Waals surface area contributed by atoms with E-state index in [2.05, 4.69) is 27.9 Å². The number of hydrogen-bond acceptors (Lipinski definition) is 2. The molecule has 1 aromatic heterocycles. The van der Waals surface area contributed by atoms with E-state index in [0.29, 0.717) is 0 Å². The first-order valence-corrected chi connectivity index (χ1v) is 6.49. The number of H-pyrrole nitrogens is 1. The van der Waals surface area contributed by atoms with Crippen molar-refractivity contribution in [3.8, 4) is 17.9 Å². The van der Waals surface area contributed by atoms with Crippen molar-refractivity contribution in [2.75, 3.05) is 0 Å². The first-order chi connectivity index (χ1) is 9.71. The maximum absolute atomic E-state index is 9.08. The predicted molar refractivity (Wildman–Crippen MR) is 80.8 cm³/mol. The molecule has 4 heteroatoms. The van der Waals surface area contributed by atoms with E-state index in [-0.39, 0.29) is 0 Å². The summed E-state index contributed by atoms with van der Waals surface area (Å²) in [6.07, 6.45) is 6.87.